The summed E-state index contributed by atoms with van der Waals surface area (Å²) in [6.07, 6.45) is 1.61. The minimum absolute atomic E-state index is 0.117. The normalized spacial score (nSPS) is 12.2. The summed E-state index contributed by atoms with van der Waals surface area (Å²) in [7, 11) is -3.37. The summed E-state index contributed by atoms with van der Waals surface area (Å²) in [4.78, 5) is 0. The van der Waals surface area contributed by atoms with Crippen LogP contribution < -0.4 is 0 Å². The molecule has 1 rings (SSSR count). The van der Waals surface area contributed by atoms with Crippen LogP contribution >= 0.6 is 11.3 Å². The Balaban J connectivity index is 2.98. The highest BCUT2D eigenvalue weighted by Gasteiger charge is 2.24. The van der Waals surface area contributed by atoms with Gasteiger partial charge in [0.15, 0.2) is 0 Å². The van der Waals surface area contributed by atoms with E-state index in [9.17, 15) is 8.42 Å². The third kappa shape index (κ3) is 3.51. The van der Waals surface area contributed by atoms with E-state index in [1.54, 1.807) is 11.4 Å². The van der Waals surface area contributed by atoms with E-state index in [2.05, 4.69) is 0 Å². The van der Waals surface area contributed by atoms with E-state index in [1.165, 1.54) is 15.6 Å². The van der Waals surface area contributed by atoms with E-state index < -0.39 is 10.0 Å². The number of sulfonamides is 1. The summed E-state index contributed by atoms with van der Waals surface area (Å²) >= 11 is 1.17. The summed E-state index contributed by atoms with van der Waals surface area (Å²) < 4.78 is 26.4. The van der Waals surface area contributed by atoms with Gasteiger partial charge in [-0.05, 0) is 29.9 Å². The van der Waals surface area contributed by atoms with E-state index in [0.717, 1.165) is 12.8 Å². The fourth-order valence-electron chi connectivity index (χ4n) is 1.55. The molecule has 1 aromatic rings. The maximum Gasteiger partial charge on any atom is 0.252 e. The molecule has 0 aromatic carbocycles. The van der Waals surface area contributed by atoms with E-state index in [1.807, 2.05) is 13.8 Å². The van der Waals surface area contributed by atoms with Gasteiger partial charge in [0.05, 0.1) is 6.61 Å². The van der Waals surface area contributed by atoms with E-state index in [-0.39, 0.29) is 6.61 Å². The topological polar surface area (TPSA) is 57.6 Å². The predicted octanol–water partition coefficient (Wildman–Crippen LogP) is 2.05. The second-order valence-electron chi connectivity index (χ2n) is 3.84. The zero-order chi connectivity index (χ0) is 12.9. The molecule has 0 spiro atoms. The van der Waals surface area contributed by atoms with Crippen molar-refractivity contribution in [3.63, 3.8) is 0 Å². The standard InChI is InChI=1S/C11H19NO3S2/c1-3-5-12(6-4-2)17(14,15)11-7-10(8-13)9-16-11/h7,9,13H,3-6,8H2,1-2H3. The Morgan fingerprint density at radius 2 is 1.88 bits per heavy atom. The van der Waals surface area contributed by atoms with Gasteiger partial charge >= 0.3 is 0 Å². The summed E-state index contributed by atoms with van der Waals surface area (Å²) in [5, 5.41) is 10.6. The molecule has 0 saturated carbocycles. The van der Waals surface area contributed by atoms with Crippen LogP contribution in [0.2, 0.25) is 0 Å². The molecular formula is C11H19NO3S2. The van der Waals surface area contributed by atoms with Gasteiger partial charge in [-0.2, -0.15) is 4.31 Å². The van der Waals surface area contributed by atoms with E-state index >= 15 is 0 Å². The molecular weight excluding hydrogens is 258 g/mol. The van der Waals surface area contributed by atoms with Gasteiger partial charge in [0.1, 0.15) is 4.21 Å². The molecule has 0 radical (unpaired) electrons. The van der Waals surface area contributed by atoms with E-state index in [0.29, 0.717) is 22.9 Å². The lowest BCUT2D eigenvalue weighted by Crippen LogP contribution is -2.32. The lowest BCUT2D eigenvalue weighted by Gasteiger charge is -2.19. The lowest BCUT2D eigenvalue weighted by molar-refractivity contribution is 0.282. The molecule has 0 aliphatic heterocycles. The first-order valence-electron chi connectivity index (χ1n) is 5.74. The van der Waals surface area contributed by atoms with Crippen molar-refractivity contribution in [2.24, 2.45) is 0 Å². The highest BCUT2D eigenvalue weighted by atomic mass is 32.2. The molecule has 0 amide bonds. The summed E-state index contributed by atoms with van der Waals surface area (Å²) in [6, 6.07) is 1.55. The Morgan fingerprint density at radius 1 is 1.29 bits per heavy atom. The van der Waals surface area contributed by atoms with Crippen LogP contribution in [0.4, 0.5) is 0 Å². The largest absolute Gasteiger partial charge is 0.392 e. The van der Waals surface area contributed by atoms with Crippen LogP contribution in [-0.4, -0.2) is 30.9 Å². The number of hydrogen-bond acceptors (Lipinski definition) is 4. The quantitative estimate of drug-likeness (QED) is 0.830. The van der Waals surface area contributed by atoms with Crippen molar-refractivity contribution in [2.75, 3.05) is 13.1 Å². The lowest BCUT2D eigenvalue weighted by atomic mass is 10.4. The highest BCUT2D eigenvalue weighted by molar-refractivity contribution is 7.91. The molecule has 0 aliphatic carbocycles. The molecule has 1 N–H and O–H groups in total. The molecule has 0 fully saturated rings. The van der Waals surface area contributed by atoms with Crippen molar-refractivity contribution < 1.29 is 13.5 Å². The SMILES string of the molecule is CCCN(CCC)S(=O)(=O)c1cc(CO)cs1. The van der Waals surface area contributed by atoms with Crippen LogP contribution in [0.15, 0.2) is 15.7 Å². The van der Waals surface area contributed by atoms with Crippen LogP contribution in [0.1, 0.15) is 32.3 Å². The molecule has 6 heteroatoms. The predicted molar refractivity (Wildman–Crippen MR) is 69.6 cm³/mol. The fourth-order valence-corrected chi connectivity index (χ4v) is 4.53. The van der Waals surface area contributed by atoms with Gasteiger partial charge in [0.25, 0.3) is 10.0 Å². The Morgan fingerprint density at radius 3 is 2.29 bits per heavy atom. The third-order valence-corrected chi connectivity index (χ3v) is 5.72. The van der Waals surface area contributed by atoms with Crippen molar-refractivity contribution in [2.45, 2.75) is 37.5 Å². The van der Waals surface area contributed by atoms with E-state index in [4.69, 9.17) is 5.11 Å². The Bertz CT molecular complexity index is 433. The minimum Gasteiger partial charge on any atom is -0.392 e. The molecule has 0 unspecified atom stereocenters. The molecule has 0 atom stereocenters. The van der Waals surface area contributed by atoms with Gasteiger partial charge in [0, 0.05) is 13.1 Å². The van der Waals surface area contributed by atoms with Crippen molar-refractivity contribution in [1.82, 2.24) is 4.31 Å². The first-order valence-corrected chi connectivity index (χ1v) is 8.06. The van der Waals surface area contributed by atoms with Gasteiger partial charge in [-0.25, -0.2) is 8.42 Å². The van der Waals surface area contributed by atoms with Crippen molar-refractivity contribution >= 4 is 21.4 Å². The molecule has 17 heavy (non-hydrogen) atoms. The van der Waals surface area contributed by atoms with Gasteiger partial charge in [-0.1, -0.05) is 13.8 Å². The van der Waals surface area contributed by atoms with Crippen LogP contribution in [0, 0.1) is 0 Å². The monoisotopic (exact) mass is 277 g/mol. The van der Waals surface area contributed by atoms with Gasteiger partial charge in [-0.3, -0.25) is 0 Å². The molecule has 1 heterocycles. The Labute approximate surface area is 107 Å². The molecule has 0 saturated heterocycles. The number of aliphatic hydroxyl groups excluding tert-OH is 1. The second-order valence-corrected chi connectivity index (χ2v) is 6.91. The first-order chi connectivity index (χ1) is 8.06. The zero-order valence-electron chi connectivity index (χ0n) is 10.2. The van der Waals surface area contributed by atoms with Crippen LogP contribution in [0.25, 0.3) is 0 Å². The van der Waals surface area contributed by atoms with Crippen LogP contribution in [0.5, 0.6) is 0 Å². The number of nitrogens with zero attached hydrogens (tertiary/aromatic N) is 1. The summed E-state index contributed by atoms with van der Waals surface area (Å²) in [6.45, 7) is 4.90. The average molecular weight is 277 g/mol. The van der Waals surface area contributed by atoms with Crippen molar-refractivity contribution in [3.8, 4) is 0 Å². The number of hydrogen-bond donors (Lipinski definition) is 1. The minimum atomic E-state index is -3.37. The molecule has 0 bridgehead atoms. The van der Waals surface area contributed by atoms with Crippen molar-refractivity contribution in [3.05, 3.63) is 17.0 Å². The molecule has 98 valence electrons. The Kier molecular flexibility index (Phi) is 5.58. The number of thiophene rings is 1. The number of aliphatic hydroxyl groups is 1. The fraction of sp³-hybridized carbons (Fsp3) is 0.636. The maximum absolute atomic E-state index is 12.3. The summed E-state index contributed by atoms with van der Waals surface area (Å²) in [5.74, 6) is 0. The second kappa shape index (κ2) is 6.49. The molecule has 4 nitrogen and oxygen atoms in total. The molecule has 1 aromatic heterocycles. The smallest absolute Gasteiger partial charge is 0.252 e. The maximum atomic E-state index is 12.3. The molecule has 0 aliphatic rings. The van der Waals surface area contributed by atoms with Crippen LogP contribution in [-0.2, 0) is 16.6 Å². The average Bonchev–Trinajstić information content (AvgIpc) is 2.78. The number of rotatable bonds is 7. The summed E-state index contributed by atoms with van der Waals surface area (Å²) in [5.41, 5.74) is 0.654. The van der Waals surface area contributed by atoms with Gasteiger partial charge in [0.2, 0.25) is 0 Å². The first kappa shape index (κ1) is 14.6. The third-order valence-electron chi connectivity index (χ3n) is 2.35. The zero-order valence-corrected chi connectivity index (χ0v) is 11.9. The van der Waals surface area contributed by atoms with Gasteiger partial charge in [-0.15, -0.1) is 11.3 Å². The van der Waals surface area contributed by atoms with Crippen LogP contribution in [0.3, 0.4) is 0 Å². The van der Waals surface area contributed by atoms with Crippen molar-refractivity contribution in [1.29, 1.82) is 0 Å². The Hall–Kier alpha value is -0.430. The highest BCUT2D eigenvalue weighted by Crippen LogP contribution is 2.24. The van der Waals surface area contributed by atoms with Gasteiger partial charge < -0.3 is 5.11 Å².